The molecule has 4 heterocycles. The Kier molecular flexibility index (Phi) is 7.08. The summed E-state index contributed by atoms with van der Waals surface area (Å²) in [7, 11) is 3.57. The van der Waals surface area contributed by atoms with Gasteiger partial charge in [0, 0.05) is 55.9 Å². The summed E-state index contributed by atoms with van der Waals surface area (Å²) < 4.78 is 26.0. The lowest BCUT2D eigenvalue weighted by Gasteiger charge is -2.34. The highest BCUT2D eigenvalue weighted by atomic mass is 19.1. The third kappa shape index (κ3) is 5.10. The van der Waals surface area contributed by atoms with Gasteiger partial charge in [0.15, 0.2) is 5.82 Å². The maximum Gasteiger partial charge on any atom is 0.168 e. The van der Waals surface area contributed by atoms with Crippen molar-refractivity contribution in [3.05, 3.63) is 66.7 Å². The highest BCUT2D eigenvalue weighted by molar-refractivity contribution is 5.83. The van der Waals surface area contributed by atoms with Gasteiger partial charge < -0.3 is 30.3 Å². The molecular weight excluding hydrogens is 509 g/mol. The second-order valence-electron chi connectivity index (χ2n) is 10.1. The van der Waals surface area contributed by atoms with Crippen molar-refractivity contribution in [2.75, 3.05) is 55.5 Å². The van der Waals surface area contributed by atoms with Crippen LogP contribution in [0.1, 0.15) is 12.8 Å². The van der Waals surface area contributed by atoms with E-state index in [-0.39, 0.29) is 17.4 Å². The number of rotatable bonds is 6. The van der Waals surface area contributed by atoms with Gasteiger partial charge in [-0.15, -0.1) is 0 Å². The first-order valence-electron chi connectivity index (χ1n) is 13.4. The number of benzene rings is 2. The standard InChI is InChI=1S/C30H32FN7O2/c1-37-13-14-40-26-15-19(8-9-23(26)37)21-17-34-28(16-24(21)38-12-4-5-20(32)18-38)35-27-10-11-33-30(36-27)29-22(31)6-3-7-25(29)39-2/h3,6-11,15-17,20H,4-5,12-14,18,32H2,1-2H3,(H,33,34,35,36)/t20-/m0/s1. The molecule has 6 rings (SSSR count). The van der Waals surface area contributed by atoms with Crippen LogP contribution in [0.2, 0.25) is 0 Å². The molecule has 0 spiro atoms. The minimum atomic E-state index is -0.456. The van der Waals surface area contributed by atoms with Gasteiger partial charge in [0.05, 0.1) is 24.9 Å². The Morgan fingerprint density at radius 1 is 1.07 bits per heavy atom. The molecule has 206 valence electrons. The molecule has 4 aromatic rings. The fourth-order valence-corrected chi connectivity index (χ4v) is 5.32. The van der Waals surface area contributed by atoms with Crippen LogP contribution in [0.4, 0.5) is 27.4 Å². The smallest absolute Gasteiger partial charge is 0.168 e. The van der Waals surface area contributed by atoms with Crippen LogP contribution < -0.4 is 30.3 Å². The molecule has 40 heavy (non-hydrogen) atoms. The zero-order valence-corrected chi connectivity index (χ0v) is 22.6. The van der Waals surface area contributed by atoms with Gasteiger partial charge in [-0.3, -0.25) is 0 Å². The molecule has 1 atom stereocenters. The van der Waals surface area contributed by atoms with Crippen molar-refractivity contribution >= 4 is 23.0 Å². The van der Waals surface area contributed by atoms with Crippen molar-refractivity contribution in [1.29, 1.82) is 0 Å². The molecule has 0 saturated carbocycles. The number of likely N-dealkylation sites (N-methyl/N-ethyl adjacent to an activating group) is 1. The van der Waals surface area contributed by atoms with Gasteiger partial charge in [0.2, 0.25) is 0 Å². The van der Waals surface area contributed by atoms with Crippen LogP contribution in [0.15, 0.2) is 60.9 Å². The number of anilines is 4. The van der Waals surface area contributed by atoms with Crippen molar-refractivity contribution in [3.8, 4) is 34.0 Å². The third-order valence-electron chi connectivity index (χ3n) is 7.38. The van der Waals surface area contributed by atoms with Crippen molar-refractivity contribution in [2.45, 2.75) is 18.9 Å². The van der Waals surface area contributed by atoms with E-state index in [1.54, 1.807) is 24.4 Å². The molecule has 2 aromatic heterocycles. The monoisotopic (exact) mass is 541 g/mol. The number of ether oxygens (including phenoxy) is 2. The summed E-state index contributed by atoms with van der Waals surface area (Å²) in [6, 6.07) is 14.8. The Morgan fingerprint density at radius 3 is 2.83 bits per heavy atom. The first-order valence-corrected chi connectivity index (χ1v) is 13.4. The van der Waals surface area contributed by atoms with Gasteiger partial charge >= 0.3 is 0 Å². The molecular formula is C30H32FN7O2. The highest BCUT2D eigenvalue weighted by Crippen LogP contribution is 2.39. The molecule has 0 aliphatic carbocycles. The number of aromatic nitrogens is 3. The van der Waals surface area contributed by atoms with E-state index in [9.17, 15) is 4.39 Å². The van der Waals surface area contributed by atoms with Crippen molar-refractivity contribution in [1.82, 2.24) is 15.0 Å². The average molecular weight is 542 g/mol. The molecule has 1 saturated heterocycles. The predicted molar refractivity (Wildman–Crippen MR) is 155 cm³/mol. The minimum Gasteiger partial charge on any atom is -0.496 e. The Labute approximate surface area is 232 Å². The number of nitrogens with zero attached hydrogens (tertiary/aromatic N) is 5. The number of hydrogen-bond acceptors (Lipinski definition) is 9. The van der Waals surface area contributed by atoms with E-state index >= 15 is 0 Å². The van der Waals surface area contributed by atoms with Crippen LogP contribution in [-0.2, 0) is 0 Å². The van der Waals surface area contributed by atoms with Crippen LogP contribution in [0.5, 0.6) is 11.5 Å². The molecule has 9 nitrogen and oxygen atoms in total. The lowest BCUT2D eigenvalue weighted by molar-refractivity contribution is 0.311. The topological polar surface area (TPSA) is 102 Å². The quantitative estimate of drug-likeness (QED) is 0.355. The van der Waals surface area contributed by atoms with Crippen LogP contribution in [0.3, 0.4) is 0 Å². The molecule has 2 aliphatic heterocycles. The number of fused-ring (bicyclic) bond motifs is 1. The Bertz CT molecular complexity index is 1530. The summed E-state index contributed by atoms with van der Waals surface area (Å²) in [4.78, 5) is 18.1. The number of halogens is 1. The van der Waals surface area contributed by atoms with Gasteiger partial charge in [-0.2, -0.15) is 0 Å². The Balaban J connectivity index is 1.36. The first kappa shape index (κ1) is 25.8. The number of methoxy groups -OCH3 is 1. The van der Waals surface area contributed by atoms with E-state index in [1.165, 1.54) is 13.2 Å². The summed E-state index contributed by atoms with van der Waals surface area (Å²) in [6.45, 7) is 3.17. The largest absolute Gasteiger partial charge is 0.496 e. The van der Waals surface area contributed by atoms with Crippen molar-refractivity contribution in [2.24, 2.45) is 5.73 Å². The van der Waals surface area contributed by atoms with E-state index in [2.05, 4.69) is 50.3 Å². The third-order valence-corrected chi connectivity index (χ3v) is 7.38. The summed E-state index contributed by atoms with van der Waals surface area (Å²) in [6.07, 6.45) is 5.47. The molecule has 0 amide bonds. The molecule has 10 heteroatoms. The Morgan fingerprint density at radius 2 is 1.98 bits per heavy atom. The number of hydrogen-bond donors (Lipinski definition) is 2. The normalized spacial score (nSPS) is 16.8. The van der Waals surface area contributed by atoms with E-state index in [1.807, 2.05) is 12.3 Å². The average Bonchev–Trinajstić information content (AvgIpc) is 2.97. The van der Waals surface area contributed by atoms with Gasteiger partial charge in [-0.05, 0) is 48.7 Å². The number of nitrogens with two attached hydrogens (primary N) is 1. The summed E-state index contributed by atoms with van der Waals surface area (Å²) in [5, 5.41) is 3.28. The molecule has 3 N–H and O–H groups in total. The number of pyridine rings is 1. The van der Waals surface area contributed by atoms with E-state index in [4.69, 9.17) is 20.2 Å². The number of piperidine rings is 1. The second kappa shape index (κ2) is 11.0. The molecule has 0 unspecified atom stereocenters. The maximum absolute atomic E-state index is 14.7. The molecule has 0 radical (unpaired) electrons. The zero-order chi connectivity index (χ0) is 27.6. The van der Waals surface area contributed by atoms with E-state index in [0.29, 0.717) is 24.0 Å². The number of nitrogens with one attached hydrogen (secondary N) is 1. The van der Waals surface area contributed by atoms with Gasteiger partial charge in [0.1, 0.15) is 35.6 Å². The minimum absolute atomic E-state index is 0.104. The van der Waals surface area contributed by atoms with Gasteiger partial charge in [0.25, 0.3) is 0 Å². The van der Waals surface area contributed by atoms with E-state index < -0.39 is 5.82 Å². The summed E-state index contributed by atoms with van der Waals surface area (Å²) in [5.41, 5.74) is 10.7. The highest BCUT2D eigenvalue weighted by Gasteiger charge is 2.23. The summed E-state index contributed by atoms with van der Waals surface area (Å²) >= 11 is 0. The summed E-state index contributed by atoms with van der Waals surface area (Å²) in [5.74, 6) is 2.09. The fourth-order valence-electron chi connectivity index (χ4n) is 5.32. The SMILES string of the molecule is COc1cccc(F)c1-c1nccc(Nc2cc(N3CCC[C@H](N)C3)c(-c3ccc4c(c3)OCCN4C)cn2)n1. The van der Waals surface area contributed by atoms with Crippen LogP contribution in [-0.4, -0.2) is 61.4 Å². The van der Waals surface area contributed by atoms with Crippen LogP contribution in [0.25, 0.3) is 22.5 Å². The van der Waals surface area contributed by atoms with Crippen molar-refractivity contribution < 1.29 is 13.9 Å². The van der Waals surface area contributed by atoms with Crippen LogP contribution >= 0.6 is 0 Å². The molecule has 2 aliphatic rings. The Hall–Kier alpha value is -4.44. The second-order valence-corrected chi connectivity index (χ2v) is 10.1. The zero-order valence-electron chi connectivity index (χ0n) is 22.6. The molecule has 0 bridgehead atoms. The first-order chi connectivity index (χ1) is 19.5. The molecule has 2 aromatic carbocycles. The molecule has 1 fully saturated rings. The predicted octanol–water partition coefficient (Wildman–Crippen LogP) is 4.85. The lowest BCUT2D eigenvalue weighted by Crippen LogP contribution is -2.43. The maximum atomic E-state index is 14.7. The van der Waals surface area contributed by atoms with E-state index in [0.717, 1.165) is 60.7 Å². The van der Waals surface area contributed by atoms with Crippen molar-refractivity contribution in [3.63, 3.8) is 0 Å². The van der Waals surface area contributed by atoms with Crippen LogP contribution in [0, 0.1) is 5.82 Å². The fraction of sp³-hybridized carbons (Fsp3) is 0.300. The lowest BCUT2D eigenvalue weighted by atomic mass is 10.0. The van der Waals surface area contributed by atoms with Gasteiger partial charge in [-0.1, -0.05) is 12.1 Å². The van der Waals surface area contributed by atoms with Gasteiger partial charge in [-0.25, -0.2) is 19.3 Å².